The molecule has 7 nitrogen and oxygen atoms in total. The van der Waals surface area contributed by atoms with Gasteiger partial charge in [0.25, 0.3) is 0 Å². The monoisotopic (exact) mass is 413 g/mol. The molecule has 1 N–H and O–H groups in total. The van der Waals surface area contributed by atoms with E-state index in [-0.39, 0.29) is 18.3 Å². The van der Waals surface area contributed by atoms with Crippen molar-refractivity contribution in [3.63, 3.8) is 0 Å². The average molecular weight is 414 g/mol. The first-order valence-corrected chi connectivity index (χ1v) is 9.58. The molecule has 150 valence electrons. The quantitative estimate of drug-likeness (QED) is 0.545. The van der Waals surface area contributed by atoms with Gasteiger partial charge in [0.15, 0.2) is 0 Å². The third-order valence-corrected chi connectivity index (χ3v) is 4.23. The smallest absolute Gasteiger partial charge is 0.338 e. The van der Waals surface area contributed by atoms with E-state index < -0.39 is 0 Å². The number of benzene rings is 2. The normalized spacial score (nSPS) is 10.6. The molecule has 0 atom stereocenters. The molecule has 2 aromatic carbocycles. The molecule has 29 heavy (non-hydrogen) atoms. The molecule has 0 bridgehead atoms. The van der Waals surface area contributed by atoms with Gasteiger partial charge >= 0.3 is 5.97 Å². The number of anilines is 1. The zero-order valence-electron chi connectivity index (χ0n) is 15.9. The molecule has 0 fully saturated rings. The number of nitrogens with one attached hydrogen (secondary N) is 1. The summed E-state index contributed by atoms with van der Waals surface area (Å²) in [4.78, 5) is 28.2. The summed E-state index contributed by atoms with van der Waals surface area (Å²) >= 11 is 5.87. The molecule has 1 aromatic heterocycles. The summed E-state index contributed by atoms with van der Waals surface area (Å²) in [6.45, 7) is 2.31. The van der Waals surface area contributed by atoms with Gasteiger partial charge in [-0.15, -0.1) is 0 Å². The second kappa shape index (κ2) is 9.84. The molecule has 8 heteroatoms. The van der Waals surface area contributed by atoms with Crippen LogP contribution in [0.5, 0.6) is 0 Å². The molecule has 0 spiro atoms. The molecule has 0 aliphatic carbocycles. The summed E-state index contributed by atoms with van der Waals surface area (Å²) in [5.74, 6) is 0.247. The second-order valence-electron chi connectivity index (χ2n) is 6.28. The topological polar surface area (TPSA) is 94.3 Å². The van der Waals surface area contributed by atoms with Crippen LogP contribution in [-0.4, -0.2) is 28.6 Å². The van der Waals surface area contributed by atoms with Crippen molar-refractivity contribution in [2.45, 2.75) is 26.2 Å². The lowest BCUT2D eigenvalue weighted by molar-refractivity contribution is -0.116. The molecule has 0 unspecified atom stereocenters. The molecule has 0 radical (unpaired) electrons. The maximum absolute atomic E-state index is 12.2. The van der Waals surface area contributed by atoms with E-state index in [0.717, 1.165) is 12.0 Å². The number of carbonyl (C=O) groups is 2. The highest BCUT2D eigenvalue weighted by atomic mass is 35.5. The van der Waals surface area contributed by atoms with Crippen molar-refractivity contribution < 1.29 is 18.8 Å². The predicted molar refractivity (Wildman–Crippen MR) is 109 cm³/mol. The number of halogens is 1. The highest BCUT2D eigenvalue weighted by molar-refractivity contribution is 6.30. The maximum atomic E-state index is 12.2. The van der Waals surface area contributed by atoms with Gasteiger partial charge in [-0.25, -0.2) is 4.79 Å². The Kier molecular flexibility index (Phi) is 6.97. The van der Waals surface area contributed by atoms with E-state index in [1.165, 1.54) is 0 Å². The molecule has 0 saturated carbocycles. The SMILES string of the molecule is CCCOC(=O)c1ccc(NC(=O)CCc2nc(-c3ccc(Cl)cc3)no2)cc1. The van der Waals surface area contributed by atoms with E-state index in [0.29, 0.717) is 41.0 Å². The lowest BCUT2D eigenvalue weighted by Crippen LogP contribution is -2.13. The Morgan fingerprint density at radius 3 is 2.52 bits per heavy atom. The van der Waals surface area contributed by atoms with Gasteiger partial charge in [0.2, 0.25) is 17.6 Å². The van der Waals surface area contributed by atoms with Crippen LogP contribution in [0.1, 0.15) is 36.0 Å². The third-order valence-electron chi connectivity index (χ3n) is 3.98. The van der Waals surface area contributed by atoms with Crippen molar-refractivity contribution in [2.24, 2.45) is 0 Å². The minimum absolute atomic E-state index is 0.183. The van der Waals surface area contributed by atoms with E-state index in [1.807, 2.05) is 6.92 Å². The Morgan fingerprint density at radius 2 is 1.83 bits per heavy atom. The van der Waals surface area contributed by atoms with E-state index in [4.69, 9.17) is 20.9 Å². The molecule has 1 amide bonds. The van der Waals surface area contributed by atoms with Crippen molar-refractivity contribution in [2.75, 3.05) is 11.9 Å². The second-order valence-corrected chi connectivity index (χ2v) is 6.72. The number of hydrogen-bond acceptors (Lipinski definition) is 6. The maximum Gasteiger partial charge on any atom is 0.338 e. The Balaban J connectivity index is 1.50. The van der Waals surface area contributed by atoms with Gasteiger partial charge in [-0.2, -0.15) is 4.98 Å². The van der Waals surface area contributed by atoms with Crippen LogP contribution in [0.2, 0.25) is 5.02 Å². The fourth-order valence-corrected chi connectivity index (χ4v) is 2.61. The fraction of sp³-hybridized carbons (Fsp3) is 0.238. The minimum Gasteiger partial charge on any atom is -0.462 e. The van der Waals surface area contributed by atoms with E-state index in [2.05, 4.69) is 15.5 Å². The molecule has 0 aliphatic heterocycles. The number of amides is 1. The minimum atomic E-state index is -0.377. The third kappa shape index (κ3) is 5.89. The number of rotatable bonds is 8. The van der Waals surface area contributed by atoms with Gasteiger partial charge in [0.1, 0.15) is 0 Å². The molecule has 0 saturated heterocycles. The summed E-state index contributed by atoms with van der Waals surface area (Å²) in [5, 5.41) is 7.32. The van der Waals surface area contributed by atoms with Crippen molar-refractivity contribution in [1.82, 2.24) is 10.1 Å². The van der Waals surface area contributed by atoms with Crippen molar-refractivity contribution in [3.8, 4) is 11.4 Å². The zero-order chi connectivity index (χ0) is 20.6. The predicted octanol–water partition coefficient (Wildman–Crippen LogP) is 4.53. The highest BCUT2D eigenvalue weighted by Gasteiger charge is 2.12. The summed E-state index contributed by atoms with van der Waals surface area (Å²) in [6, 6.07) is 13.6. The van der Waals surface area contributed by atoms with Crippen LogP contribution in [0, 0.1) is 0 Å². The Bertz CT molecular complexity index is 968. The molecule has 3 rings (SSSR count). The lowest BCUT2D eigenvalue weighted by atomic mass is 10.2. The van der Waals surface area contributed by atoms with Crippen LogP contribution in [0.4, 0.5) is 5.69 Å². The van der Waals surface area contributed by atoms with Crippen LogP contribution in [0.3, 0.4) is 0 Å². The summed E-state index contributed by atoms with van der Waals surface area (Å²) < 4.78 is 10.3. The van der Waals surface area contributed by atoms with Crippen molar-refractivity contribution >= 4 is 29.2 Å². The highest BCUT2D eigenvalue weighted by Crippen LogP contribution is 2.19. The number of ether oxygens (including phenoxy) is 1. The number of aryl methyl sites for hydroxylation is 1. The van der Waals surface area contributed by atoms with Gasteiger partial charge in [0.05, 0.1) is 12.2 Å². The summed E-state index contributed by atoms with van der Waals surface area (Å²) in [6.07, 6.45) is 1.26. The van der Waals surface area contributed by atoms with E-state index in [9.17, 15) is 9.59 Å². The number of hydrogen-bond donors (Lipinski definition) is 1. The molecular weight excluding hydrogens is 394 g/mol. The molecule has 3 aromatic rings. The van der Waals surface area contributed by atoms with Crippen molar-refractivity contribution in [1.29, 1.82) is 0 Å². The number of esters is 1. The van der Waals surface area contributed by atoms with Crippen LogP contribution in [0.25, 0.3) is 11.4 Å². The average Bonchev–Trinajstić information content (AvgIpc) is 3.20. The van der Waals surface area contributed by atoms with E-state index >= 15 is 0 Å². The summed E-state index contributed by atoms with van der Waals surface area (Å²) in [5.41, 5.74) is 1.82. The molecule has 0 aliphatic rings. The first kappa shape index (κ1) is 20.5. The van der Waals surface area contributed by atoms with Gasteiger partial charge in [0, 0.05) is 29.1 Å². The Labute approximate surface area is 173 Å². The van der Waals surface area contributed by atoms with Gasteiger partial charge < -0.3 is 14.6 Å². The largest absolute Gasteiger partial charge is 0.462 e. The molecular formula is C21H20ClN3O4. The van der Waals surface area contributed by atoms with Gasteiger partial charge in [-0.05, 0) is 55.0 Å². The number of carbonyl (C=O) groups excluding carboxylic acids is 2. The Hall–Kier alpha value is -3.19. The lowest BCUT2D eigenvalue weighted by Gasteiger charge is -2.06. The van der Waals surface area contributed by atoms with E-state index in [1.54, 1.807) is 48.5 Å². The van der Waals surface area contributed by atoms with Crippen LogP contribution >= 0.6 is 11.6 Å². The first-order chi connectivity index (χ1) is 14.0. The van der Waals surface area contributed by atoms with Crippen LogP contribution in [-0.2, 0) is 16.0 Å². The number of nitrogens with zero attached hydrogens (tertiary/aromatic N) is 2. The van der Waals surface area contributed by atoms with Gasteiger partial charge in [-0.3, -0.25) is 4.79 Å². The number of aromatic nitrogens is 2. The fourth-order valence-electron chi connectivity index (χ4n) is 2.48. The molecule has 1 heterocycles. The zero-order valence-corrected chi connectivity index (χ0v) is 16.6. The van der Waals surface area contributed by atoms with Crippen LogP contribution in [0.15, 0.2) is 53.1 Å². The van der Waals surface area contributed by atoms with Crippen molar-refractivity contribution in [3.05, 3.63) is 65.0 Å². The standard InChI is InChI=1S/C21H20ClN3O4/c1-2-13-28-21(27)15-5-9-17(10-6-15)23-18(26)11-12-19-24-20(25-29-19)14-3-7-16(22)8-4-14/h3-10H,2,11-13H2,1H3,(H,23,26). The Morgan fingerprint density at radius 1 is 1.10 bits per heavy atom. The van der Waals surface area contributed by atoms with Crippen LogP contribution < -0.4 is 5.32 Å². The summed E-state index contributed by atoms with van der Waals surface area (Å²) in [7, 11) is 0. The van der Waals surface area contributed by atoms with Gasteiger partial charge in [-0.1, -0.05) is 23.7 Å². The first-order valence-electron chi connectivity index (χ1n) is 9.20.